The smallest absolute Gasteiger partial charge is 0.339 e. The van der Waals surface area contributed by atoms with Gasteiger partial charge in [-0.1, -0.05) is 25.0 Å². The molecule has 8 nitrogen and oxygen atoms in total. The Morgan fingerprint density at radius 3 is 2.37 bits per heavy atom. The van der Waals surface area contributed by atoms with E-state index >= 15 is 0 Å². The van der Waals surface area contributed by atoms with Crippen molar-refractivity contribution in [2.24, 2.45) is 5.92 Å². The maximum atomic E-state index is 12.9. The molecule has 11 heteroatoms. The molecular weight excluding hydrogens is 499 g/mol. The van der Waals surface area contributed by atoms with Gasteiger partial charge < -0.3 is 9.80 Å². The minimum atomic E-state index is -4.62. The predicted octanol–water partition coefficient (Wildman–Crippen LogP) is 3.74. The number of rotatable bonds is 6. The molecule has 38 heavy (non-hydrogen) atoms. The molecule has 1 aromatic carbocycles. The fourth-order valence-electron chi connectivity index (χ4n) is 5.19. The lowest BCUT2D eigenvalue weighted by atomic mass is 10.0. The van der Waals surface area contributed by atoms with Crippen molar-refractivity contribution in [3.63, 3.8) is 0 Å². The molecule has 0 unspecified atom stereocenters. The molecule has 0 bridgehead atoms. The highest BCUT2D eigenvalue weighted by Gasteiger charge is 2.33. The van der Waals surface area contributed by atoms with Crippen molar-refractivity contribution >= 4 is 28.5 Å². The van der Waals surface area contributed by atoms with Gasteiger partial charge in [0.05, 0.1) is 5.52 Å². The van der Waals surface area contributed by atoms with Crippen molar-refractivity contribution < 1.29 is 27.6 Å². The molecule has 0 spiro atoms. The van der Waals surface area contributed by atoms with Crippen LogP contribution in [0.5, 0.6) is 0 Å². The van der Waals surface area contributed by atoms with Gasteiger partial charge in [0.2, 0.25) is 11.8 Å². The minimum absolute atomic E-state index is 0.0493. The van der Waals surface area contributed by atoms with Gasteiger partial charge in [0, 0.05) is 50.1 Å². The normalized spacial score (nSPS) is 16.8. The number of Topliss-reactive ketones (excluding diaryl/α,β-unsaturated/α-hetero) is 1. The number of aromatic nitrogens is 3. The van der Waals surface area contributed by atoms with Crippen LogP contribution in [0.25, 0.3) is 10.9 Å². The Kier molecular flexibility index (Phi) is 7.18. The molecule has 1 aliphatic heterocycles. The number of piperazine rings is 1. The van der Waals surface area contributed by atoms with E-state index in [1.54, 1.807) is 34.0 Å². The average molecular weight is 528 g/mol. The molecule has 2 amide bonds. The lowest BCUT2D eigenvalue weighted by molar-refractivity contribution is -0.142. The Morgan fingerprint density at radius 2 is 1.66 bits per heavy atom. The largest absolute Gasteiger partial charge is 0.433 e. The van der Waals surface area contributed by atoms with Gasteiger partial charge in [-0.3, -0.25) is 19.1 Å². The zero-order valence-electron chi connectivity index (χ0n) is 20.8. The van der Waals surface area contributed by atoms with E-state index in [0.717, 1.165) is 31.7 Å². The molecule has 2 fully saturated rings. The lowest BCUT2D eigenvalue weighted by Crippen LogP contribution is -2.52. The van der Waals surface area contributed by atoms with Crippen LogP contribution in [0.4, 0.5) is 13.2 Å². The number of fused-ring (bicyclic) bond motifs is 1. The van der Waals surface area contributed by atoms with Crippen LogP contribution in [0.15, 0.2) is 42.6 Å². The SMILES string of the molecule is O=C(Cc1ccc2nn(CC(=O)N3CCN(C(=O)C4CCCC4)CC3)cc2c1)c1cccc(C(F)(F)F)n1. The number of hydrogen-bond donors (Lipinski definition) is 0. The van der Waals surface area contributed by atoms with Gasteiger partial charge in [-0.2, -0.15) is 18.3 Å². The number of ketones is 1. The van der Waals surface area contributed by atoms with Crippen LogP contribution in [0.1, 0.15) is 47.4 Å². The second-order valence-electron chi connectivity index (χ2n) is 9.91. The minimum Gasteiger partial charge on any atom is -0.339 e. The highest BCUT2D eigenvalue weighted by Crippen LogP contribution is 2.28. The monoisotopic (exact) mass is 527 g/mol. The van der Waals surface area contributed by atoms with Crippen LogP contribution in [0.3, 0.4) is 0 Å². The third kappa shape index (κ3) is 5.71. The summed E-state index contributed by atoms with van der Waals surface area (Å²) < 4.78 is 40.3. The van der Waals surface area contributed by atoms with E-state index in [1.807, 2.05) is 4.90 Å². The van der Waals surface area contributed by atoms with Crippen LogP contribution < -0.4 is 0 Å². The Labute approximate surface area is 217 Å². The van der Waals surface area contributed by atoms with Gasteiger partial charge in [-0.15, -0.1) is 0 Å². The number of carbonyl (C=O) groups excluding carboxylic acids is 3. The van der Waals surface area contributed by atoms with Crippen molar-refractivity contribution in [2.45, 2.75) is 44.8 Å². The fourth-order valence-corrected chi connectivity index (χ4v) is 5.19. The van der Waals surface area contributed by atoms with E-state index in [9.17, 15) is 27.6 Å². The second kappa shape index (κ2) is 10.5. The number of amides is 2. The second-order valence-corrected chi connectivity index (χ2v) is 9.91. The van der Waals surface area contributed by atoms with E-state index in [2.05, 4.69) is 10.1 Å². The summed E-state index contributed by atoms with van der Waals surface area (Å²) in [5, 5.41) is 5.16. The van der Waals surface area contributed by atoms with Crippen molar-refractivity contribution in [2.75, 3.05) is 26.2 Å². The first-order chi connectivity index (χ1) is 18.2. The van der Waals surface area contributed by atoms with E-state index in [4.69, 9.17) is 0 Å². The molecule has 3 heterocycles. The fraction of sp³-hybridized carbons (Fsp3) is 0.444. The third-order valence-corrected chi connectivity index (χ3v) is 7.25. The van der Waals surface area contributed by atoms with Crippen LogP contribution in [-0.2, 0) is 28.7 Å². The van der Waals surface area contributed by atoms with E-state index in [-0.39, 0.29) is 36.4 Å². The molecule has 5 rings (SSSR count). The Morgan fingerprint density at radius 1 is 0.947 bits per heavy atom. The molecule has 2 aromatic heterocycles. The molecule has 0 radical (unpaired) electrons. The first-order valence-electron chi connectivity index (χ1n) is 12.8. The summed E-state index contributed by atoms with van der Waals surface area (Å²) in [6.45, 7) is 2.12. The summed E-state index contributed by atoms with van der Waals surface area (Å²) in [5.41, 5.74) is -0.105. The molecule has 1 saturated carbocycles. The van der Waals surface area contributed by atoms with Crippen LogP contribution >= 0.6 is 0 Å². The van der Waals surface area contributed by atoms with E-state index in [0.29, 0.717) is 42.6 Å². The number of benzene rings is 1. The molecule has 1 saturated heterocycles. The van der Waals surface area contributed by atoms with E-state index in [1.165, 1.54) is 12.1 Å². The summed E-state index contributed by atoms with van der Waals surface area (Å²) >= 11 is 0. The van der Waals surface area contributed by atoms with E-state index < -0.39 is 17.7 Å². The van der Waals surface area contributed by atoms with Gasteiger partial charge in [-0.25, -0.2) is 4.98 Å². The zero-order valence-corrected chi connectivity index (χ0v) is 20.8. The number of pyridine rings is 1. The first kappa shape index (κ1) is 25.9. The summed E-state index contributed by atoms with van der Waals surface area (Å²) in [7, 11) is 0. The highest BCUT2D eigenvalue weighted by atomic mass is 19.4. The Balaban J connectivity index is 1.18. The van der Waals surface area contributed by atoms with Crippen molar-refractivity contribution in [1.29, 1.82) is 0 Å². The predicted molar refractivity (Wildman–Crippen MR) is 132 cm³/mol. The lowest BCUT2D eigenvalue weighted by Gasteiger charge is -2.36. The molecule has 0 atom stereocenters. The van der Waals surface area contributed by atoms with Gasteiger partial charge >= 0.3 is 6.18 Å². The zero-order chi connectivity index (χ0) is 26.9. The topological polar surface area (TPSA) is 88.4 Å². The number of halogens is 3. The maximum Gasteiger partial charge on any atom is 0.433 e. The Bertz CT molecular complexity index is 1360. The summed E-state index contributed by atoms with van der Waals surface area (Å²) in [6, 6.07) is 8.40. The molecule has 200 valence electrons. The van der Waals surface area contributed by atoms with Gasteiger partial charge in [-0.05, 0) is 42.7 Å². The molecule has 2 aliphatic rings. The average Bonchev–Trinajstić information content (AvgIpc) is 3.58. The molecule has 1 aliphatic carbocycles. The standard InChI is InChI=1S/C27H28F3N5O3/c28-27(29,30)24-7-3-6-22(31-24)23(36)15-18-8-9-21-20(14-18)16-35(32-21)17-25(37)33-10-12-34(13-11-33)26(38)19-4-1-2-5-19/h3,6-9,14,16,19H,1-2,4-5,10-13,15,17H2. The van der Waals surface area contributed by atoms with Gasteiger partial charge in [0.25, 0.3) is 0 Å². The van der Waals surface area contributed by atoms with Crippen molar-refractivity contribution in [3.8, 4) is 0 Å². The Hall–Kier alpha value is -3.76. The van der Waals surface area contributed by atoms with Crippen LogP contribution in [0.2, 0.25) is 0 Å². The van der Waals surface area contributed by atoms with Crippen LogP contribution in [-0.4, -0.2) is 68.3 Å². The maximum absolute atomic E-state index is 12.9. The summed E-state index contributed by atoms with van der Waals surface area (Å²) in [5.74, 6) is -0.262. The van der Waals surface area contributed by atoms with Gasteiger partial charge in [0.15, 0.2) is 5.78 Å². The van der Waals surface area contributed by atoms with Crippen molar-refractivity contribution in [1.82, 2.24) is 24.6 Å². The van der Waals surface area contributed by atoms with Crippen molar-refractivity contribution in [3.05, 3.63) is 59.5 Å². The van der Waals surface area contributed by atoms with Crippen LogP contribution in [0, 0.1) is 5.92 Å². The molecule has 3 aromatic rings. The quantitative estimate of drug-likeness (QED) is 0.456. The first-order valence-corrected chi connectivity index (χ1v) is 12.8. The summed E-state index contributed by atoms with van der Waals surface area (Å²) in [4.78, 5) is 45.2. The summed E-state index contributed by atoms with van der Waals surface area (Å²) in [6.07, 6.45) is 1.12. The number of carbonyl (C=O) groups is 3. The number of hydrogen-bond acceptors (Lipinski definition) is 5. The third-order valence-electron chi connectivity index (χ3n) is 7.25. The number of nitrogens with zero attached hydrogens (tertiary/aromatic N) is 5. The molecular formula is C27H28F3N5O3. The number of alkyl halides is 3. The van der Waals surface area contributed by atoms with Gasteiger partial charge in [0.1, 0.15) is 17.9 Å². The molecule has 0 N–H and O–H groups in total. The highest BCUT2D eigenvalue weighted by molar-refractivity contribution is 5.96.